The molecule has 1 amide bonds. The molecular formula is C15H20N2O3. The maximum Gasteiger partial charge on any atom is 0.337 e. The normalized spacial score (nSPS) is 15.2. The van der Waals surface area contributed by atoms with Crippen LogP contribution in [0.5, 0.6) is 0 Å². The second kappa shape index (κ2) is 6.52. The number of carboxylic acid groups (broad SMARTS) is 1. The van der Waals surface area contributed by atoms with E-state index >= 15 is 0 Å². The lowest BCUT2D eigenvalue weighted by Gasteiger charge is -2.14. The number of carbonyl (C=O) groups is 2. The molecule has 1 saturated heterocycles. The number of benzene rings is 1. The fraction of sp³-hybridized carbons (Fsp3) is 0.467. The first kappa shape index (κ1) is 14.5. The van der Waals surface area contributed by atoms with Crippen molar-refractivity contribution >= 4 is 17.6 Å². The van der Waals surface area contributed by atoms with Crippen molar-refractivity contribution in [3.05, 3.63) is 29.3 Å². The van der Waals surface area contributed by atoms with E-state index in [2.05, 4.69) is 10.2 Å². The van der Waals surface area contributed by atoms with Crippen LogP contribution in [0.3, 0.4) is 0 Å². The number of carboxylic acids is 1. The minimum atomic E-state index is -1.02. The molecule has 0 radical (unpaired) electrons. The molecule has 0 aliphatic carbocycles. The van der Waals surface area contributed by atoms with E-state index in [1.165, 1.54) is 12.8 Å². The number of carbonyl (C=O) groups excluding carboxylic acids is 1. The van der Waals surface area contributed by atoms with Gasteiger partial charge in [-0.25, -0.2) is 4.79 Å². The first-order valence-electron chi connectivity index (χ1n) is 6.92. The minimum Gasteiger partial charge on any atom is -0.478 e. The van der Waals surface area contributed by atoms with Crippen molar-refractivity contribution < 1.29 is 14.7 Å². The summed E-state index contributed by atoms with van der Waals surface area (Å²) in [6, 6.07) is 5.01. The van der Waals surface area contributed by atoms with Crippen LogP contribution in [0.15, 0.2) is 18.2 Å². The number of likely N-dealkylation sites (tertiary alicyclic amines) is 1. The number of aryl methyl sites for hydroxylation is 1. The second-order valence-corrected chi connectivity index (χ2v) is 5.20. The third-order valence-electron chi connectivity index (χ3n) is 3.53. The highest BCUT2D eigenvalue weighted by atomic mass is 16.4. The van der Waals surface area contributed by atoms with Gasteiger partial charge in [0.05, 0.1) is 11.3 Å². The number of amides is 1. The number of nitrogens with zero attached hydrogens (tertiary/aromatic N) is 1. The molecule has 0 atom stereocenters. The average Bonchev–Trinajstić information content (AvgIpc) is 2.91. The molecule has 5 heteroatoms. The zero-order valence-electron chi connectivity index (χ0n) is 11.7. The van der Waals surface area contributed by atoms with E-state index in [9.17, 15) is 9.59 Å². The van der Waals surface area contributed by atoms with Crippen LogP contribution in [0.25, 0.3) is 0 Å². The van der Waals surface area contributed by atoms with Crippen LogP contribution in [-0.4, -0.2) is 41.5 Å². The van der Waals surface area contributed by atoms with Crippen molar-refractivity contribution in [1.82, 2.24) is 4.90 Å². The lowest BCUT2D eigenvalue weighted by molar-refractivity contribution is -0.116. The zero-order valence-corrected chi connectivity index (χ0v) is 11.7. The maximum absolute atomic E-state index is 11.9. The molecule has 2 rings (SSSR count). The summed E-state index contributed by atoms with van der Waals surface area (Å²) in [5.74, 6) is -1.16. The lowest BCUT2D eigenvalue weighted by atomic mass is 10.1. The molecule has 1 aromatic rings. The molecule has 1 aliphatic heterocycles. The van der Waals surface area contributed by atoms with Crippen LogP contribution in [0.2, 0.25) is 0 Å². The first-order chi connectivity index (χ1) is 9.56. The predicted molar refractivity (Wildman–Crippen MR) is 77.1 cm³/mol. The van der Waals surface area contributed by atoms with E-state index in [4.69, 9.17) is 5.11 Å². The molecule has 5 nitrogen and oxygen atoms in total. The van der Waals surface area contributed by atoms with Gasteiger partial charge in [0, 0.05) is 13.0 Å². The summed E-state index contributed by atoms with van der Waals surface area (Å²) in [5, 5.41) is 11.8. The van der Waals surface area contributed by atoms with Gasteiger partial charge in [-0.15, -0.1) is 0 Å². The van der Waals surface area contributed by atoms with E-state index in [1.807, 2.05) is 6.92 Å². The van der Waals surface area contributed by atoms with Crippen molar-refractivity contribution in [2.24, 2.45) is 0 Å². The van der Waals surface area contributed by atoms with E-state index in [-0.39, 0.29) is 11.5 Å². The summed E-state index contributed by atoms with van der Waals surface area (Å²) < 4.78 is 0. The van der Waals surface area contributed by atoms with Gasteiger partial charge in [0.25, 0.3) is 0 Å². The molecule has 1 fully saturated rings. The molecule has 2 N–H and O–H groups in total. The van der Waals surface area contributed by atoms with Gasteiger partial charge in [-0.05, 0) is 45.0 Å². The number of anilines is 1. The Balaban J connectivity index is 1.94. The van der Waals surface area contributed by atoms with E-state index in [0.717, 1.165) is 25.2 Å². The highest BCUT2D eigenvalue weighted by Crippen LogP contribution is 2.18. The van der Waals surface area contributed by atoms with Crippen molar-refractivity contribution in [3.8, 4) is 0 Å². The molecular weight excluding hydrogens is 256 g/mol. The lowest BCUT2D eigenvalue weighted by Crippen LogP contribution is -2.25. The number of aromatic carboxylic acids is 1. The Hall–Kier alpha value is -1.88. The van der Waals surface area contributed by atoms with Gasteiger partial charge >= 0.3 is 5.97 Å². The summed E-state index contributed by atoms with van der Waals surface area (Å²) in [6.07, 6.45) is 2.79. The topological polar surface area (TPSA) is 69.6 Å². The Bertz CT molecular complexity index is 508. The van der Waals surface area contributed by atoms with E-state index in [0.29, 0.717) is 12.1 Å². The standard InChI is InChI=1S/C15H20N2O3/c1-11-4-5-13(12(10-11)15(19)20)16-14(18)6-9-17-7-2-3-8-17/h4-5,10H,2-3,6-9H2,1H3,(H,16,18)(H,19,20). The smallest absolute Gasteiger partial charge is 0.337 e. The Labute approximate surface area is 118 Å². The molecule has 0 bridgehead atoms. The Morgan fingerprint density at radius 1 is 1.30 bits per heavy atom. The van der Waals surface area contributed by atoms with Crippen molar-refractivity contribution in [1.29, 1.82) is 0 Å². The molecule has 0 unspecified atom stereocenters. The van der Waals surface area contributed by atoms with Gasteiger partial charge < -0.3 is 15.3 Å². The van der Waals surface area contributed by atoms with Crippen molar-refractivity contribution in [3.63, 3.8) is 0 Å². The third kappa shape index (κ3) is 3.81. The Morgan fingerprint density at radius 2 is 2.00 bits per heavy atom. The van der Waals surface area contributed by atoms with Crippen molar-refractivity contribution in [2.45, 2.75) is 26.2 Å². The SMILES string of the molecule is Cc1ccc(NC(=O)CCN2CCCC2)c(C(=O)O)c1. The quantitative estimate of drug-likeness (QED) is 0.864. The zero-order chi connectivity index (χ0) is 14.5. The van der Waals surface area contributed by atoms with Crippen LogP contribution in [-0.2, 0) is 4.79 Å². The molecule has 1 heterocycles. The Morgan fingerprint density at radius 3 is 2.65 bits per heavy atom. The van der Waals surface area contributed by atoms with Gasteiger partial charge in [0.2, 0.25) is 5.91 Å². The van der Waals surface area contributed by atoms with Crippen molar-refractivity contribution in [2.75, 3.05) is 25.0 Å². The van der Waals surface area contributed by atoms with Crippen LogP contribution in [0.1, 0.15) is 35.2 Å². The minimum absolute atomic E-state index is 0.136. The molecule has 20 heavy (non-hydrogen) atoms. The third-order valence-corrected chi connectivity index (χ3v) is 3.53. The predicted octanol–water partition coefficient (Wildman–Crippen LogP) is 2.12. The fourth-order valence-electron chi connectivity index (χ4n) is 2.42. The van der Waals surface area contributed by atoms with Crippen LogP contribution in [0, 0.1) is 6.92 Å². The Kier molecular flexibility index (Phi) is 4.74. The number of hydrogen-bond donors (Lipinski definition) is 2. The summed E-state index contributed by atoms with van der Waals surface area (Å²) in [5.41, 5.74) is 1.37. The number of rotatable bonds is 5. The number of nitrogens with one attached hydrogen (secondary N) is 1. The maximum atomic E-state index is 11.9. The van der Waals surface area contributed by atoms with Crippen LogP contribution < -0.4 is 5.32 Å². The number of hydrogen-bond acceptors (Lipinski definition) is 3. The van der Waals surface area contributed by atoms with Crippen LogP contribution in [0.4, 0.5) is 5.69 Å². The summed E-state index contributed by atoms with van der Waals surface area (Å²) in [7, 11) is 0. The highest BCUT2D eigenvalue weighted by Gasteiger charge is 2.15. The summed E-state index contributed by atoms with van der Waals surface area (Å²) in [4.78, 5) is 25.3. The van der Waals surface area contributed by atoms with E-state index < -0.39 is 5.97 Å². The monoisotopic (exact) mass is 276 g/mol. The van der Waals surface area contributed by atoms with Gasteiger partial charge in [0.1, 0.15) is 0 Å². The summed E-state index contributed by atoms with van der Waals surface area (Å²) in [6.45, 7) is 4.67. The second-order valence-electron chi connectivity index (χ2n) is 5.20. The summed E-state index contributed by atoms with van der Waals surface area (Å²) >= 11 is 0. The molecule has 1 aromatic carbocycles. The average molecular weight is 276 g/mol. The van der Waals surface area contributed by atoms with Gasteiger partial charge in [-0.1, -0.05) is 11.6 Å². The van der Waals surface area contributed by atoms with Gasteiger partial charge in [0.15, 0.2) is 0 Å². The molecule has 0 saturated carbocycles. The highest BCUT2D eigenvalue weighted by molar-refractivity contribution is 6.00. The largest absolute Gasteiger partial charge is 0.478 e. The first-order valence-corrected chi connectivity index (χ1v) is 6.92. The molecule has 0 aromatic heterocycles. The molecule has 108 valence electrons. The van der Waals surface area contributed by atoms with Crippen LogP contribution >= 0.6 is 0 Å². The molecule has 0 spiro atoms. The molecule has 1 aliphatic rings. The van der Waals surface area contributed by atoms with E-state index in [1.54, 1.807) is 18.2 Å². The van der Waals surface area contributed by atoms with Gasteiger partial charge in [-0.3, -0.25) is 4.79 Å². The fourth-order valence-corrected chi connectivity index (χ4v) is 2.42. The van der Waals surface area contributed by atoms with Gasteiger partial charge in [-0.2, -0.15) is 0 Å².